The summed E-state index contributed by atoms with van der Waals surface area (Å²) in [5.41, 5.74) is 3.62. The smallest absolute Gasteiger partial charge is 0.284 e. The van der Waals surface area contributed by atoms with Crippen LogP contribution < -0.4 is 14.9 Å². The number of fused-ring (bicyclic) bond motifs is 1. The molecule has 0 aliphatic carbocycles. The molecular weight excluding hydrogens is 268 g/mol. The van der Waals surface area contributed by atoms with Crippen molar-refractivity contribution in [1.82, 2.24) is 5.43 Å². The second-order valence-corrected chi connectivity index (χ2v) is 5.02. The van der Waals surface area contributed by atoms with Crippen LogP contribution in [0.25, 0.3) is 0 Å². The summed E-state index contributed by atoms with van der Waals surface area (Å²) in [6.45, 7) is 4.40. The molecule has 1 N–H and O–H groups in total. The summed E-state index contributed by atoms with van der Waals surface area (Å²) in [6.07, 6.45) is 3.18. The quantitative estimate of drug-likeness (QED) is 0.647. The summed E-state index contributed by atoms with van der Waals surface area (Å²) < 4.78 is 11.2. The molecule has 2 rings (SSSR count). The van der Waals surface area contributed by atoms with Gasteiger partial charge in [0.2, 0.25) is 6.10 Å². The summed E-state index contributed by atoms with van der Waals surface area (Å²) in [4.78, 5) is 12.1. The summed E-state index contributed by atoms with van der Waals surface area (Å²) in [5, 5.41) is 4.22. The van der Waals surface area contributed by atoms with Crippen molar-refractivity contribution >= 4 is 11.6 Å². The van der Waals surface area contributed by atoms with Gasteiger partial charge in [-0.3, -0.25) is 4.79 Å². The van der Waals surface area contributed by atoms with E-state index in [4.69, 9.17) is 9.47 Å². The van der Waals surface area contributed by atoms with Crippen molar-refractivity contribution in [3.05, 3.63) is 24.3 Å². The second-order valence-electron chi connectivity index (χ2n) is 5.02. The number of hydrazone groups is 1. The number of nitrogens with one attached hydrogen (secondary N) is 1. The third-order valence-corrected chi connectivity index (χ3v) is 3.20. The minimum Gasteiger partial charge on any atom is -0.485 e. The van der Waals surface area contributed by atoms with Gasteiger partial charge >= 0.3 is 0 Å². The molecule has 0 bridgehead atoms. The molecule has 0 radical (unpaired) electrons. The maximum atomic E-state index is 12.1. The fraction of sp³-hybridized carbons (Fsp3) is 0.500. The molecule has 0 unspecified atom stereocenters. The third-order valence-electron chi connectivity index (χ3n) is 3.20. The number of benzene rings is 1. The molecule has 0 saturated carbocycles. The number of para-hydroxylation sites is 2. The molecule has 114 valence electrons. The van der Waals surface area contributed by atoms with Crippen LogP contribution in [0.5, 0.6) is 11.5 Å². The zero-order valence-electron chi connectivity index (χ0n) is 12.6. The Bertz CT molecular complexity index is 506. The van der Waals surface area contributed by atoms with Crippen molar-refractivity contribution in [2.45, 2.75) is 45.6 Å². The minimum atomic E-state index is -0.659. The maximum absolute atomic E-state index is 12.1. The Kier molecular flexibility index (Phi) is 5.60. The number of ether oxygens (including phenoxy) is 2. The van der Waals surface area contributed by atoms with Gasteiger partial charge in [-0.25, -0.2) is 5.43 Å². The van der Waals surface area contributed by atoms with Crippen LogP contribution in [-0.4, -0.2) is 24.3 Å². The molecule has 0 saturated heterocycles. The van der Waals surface area contributed by atoms with Gasteiger partial charge in [0.25, 0.3) is 5.91 Å². The Balaban J connectivity index is 1.94. The van der Waals surface area contributed by atoms with Gasteiger partial charge in [-0.1, -0.05) is 38.8 Å². The van der Waals surface area contributed by atoms with Gasteiger partial charge in [-0.15, -0.1) is 0 Å². The van der Waals surface area contributed by atoms with Crippen molar-refractivity contribution in [3.8, 4) is 11.5 Å². The lowest BCUT2D eigenvalue weighted by atomic mass is 10.1. The molecule has 1 atom stereocenters. The van der Waals surface area contributed by atoms with Crippen molar-refractivity contribution in [2.75, 3.05) is 6.61 Å². The summed E-state index contributed by atoms with van der Waals surface area (Å²) in [6, 6.07) is 7.33. The van der Waals surface area contributed by atoms with Gasteiger partial charge in [-0.05, 0) is 25.0 Å². The average Bonchev–Trinajstić information content (AvgIpc) is 2.52. The van der Waals surface area contributed by atoms with E-state index in [1.807, 2.05) is 18.2 Å². The monoisotopic (exact) mass is 290 g/mol. The van der Waals surface area contributed by atoms with Crippen molar-refractivity contribution in [3.63, 3.8) is 0 Å². The molecular formula is C16H22N2O3. The van der Waals surface area contributed by atoms with E-state index in [0.717, 1.165) is 31.4 Å². The highest BCUT2D eigenvalue weighted by Gasteiger charge is 2.27. The van der Waals surface area contributed by atoms with Crippen LogP contribution in [0.15, 0.2) is 29.4 Å². The highest BCUT2D eigenvalue weighted by atomic mass is 16.6. The van der Waals surface area contributed by atoms with Crippen LogP contribution in [0.4, 0.5) is 0 Å². The zero-order valence-corrected chi connectivity index (χ0v) is 12.6. The van der Waals surface area contributed by atoms with Crippen LogP contribution in [0.2, 0.25) is 0 Å². The van der Waals surface area contributed by atoms with Crippen LogP contribution in [0.3, 0.4) is 0 Å². The number of amides is 1. The van der Waals surface area contributed by atoms with E-state index < -0.39 is 6.10 Å². The molecule has 1 aromatic carbocycles. The molecule has 0 aromatic heterocycles. The molecule has 1 aromatic rings. The van der Waals surface area contributed by atoms with Gasteiger partial charge < -0.3 is 9.47 Å². The predicted molar refractivity (Wildman–Crippen MR) is 81.7 cm³/mol. The lowest BCUT2D eigenvalue weighted by Gasteiger charge is -2.24. The minimum absolute atomic E-state index is 0.204. The summed E-state index contributed by atoms with van der Waals surface area (Å²) >= 11 is 0. The Labute approximate surface area is 125 Å². The van der Waals surface area contributed by atoms with E-state index in [1.165, 1.54) is 0 Å². The van der Waals surface area contributed by atoms with Crippen molar-refractivity contribution < 1.29 is 14.3 Å². The Morgan fingerprint density at radius 1 is 1.24 bits per heavy atom. The number of hydrogen-bond donors (Lipinski definition) is 1. The van der Waals surface area contributed by atoms with Crippen molar-refractivity contribution in [2.24, 2.45) is 5.10 Å². The van der Waals surface area contributed by atoms with E-state index >= 15 is 0 Å². The first kappa shape index (κ1) is 15.4. The molecule has 0 fully saturated rings. The van der Waals surface area contributed by atoms with E-state index in [1.54, 1.807) is 6.07 Å². The predicted octanol–water partition coefficient (Wildman–Crippen LogP) is 2.90. The summed E-state index contributed by atoms with van der Waals surface area (Å²) in [5.74, 6) is 0.993. The lowest BCUT2D eigenvalue weighted by molar-refractivity contribution is -0.130. The van der Waals surface area contributed by atoms with Crippen molar-refractivity contribution in [1.29, 1.82) is 0 Å². The number of carbonyl (C=O) groups is 1. The van der Waals surface area contributed by atoms with E-state index in [9.17, 15) is 4.79 Å². The van der Waals surface area contributed by atoms with Crippen LogP contribution in [0.1, 0.15) is 39.5 Å². The Hall–Kier alpha value is -2.04. The molecule has 1 aliphatic heterocycles. The summed E-state index contributed by atoms with van der Waals surface area (Å²) in [7, 11) is 0. The zero-order chi connectivity index (χ0) is 15.1. The third kappa shape index (κ3) is 4.21. The fourth-order valence-electron chi connectivity index (χ4n) is 2.17. The maximum Gasteiger partial charge on any atom is 0.284 e. The van der Waals surface area contributed by atoms with E-state index in [-0.39, 0.29) is 12.5 Å². The molecule has 21 heavy (non-hydrogen) atoms. The SMILES string of the molecule is CCCC(CCC)=NNC(=O)[C@H]1COc2ccccc2O1. The Morgan fingerprint density at radius 2 is 1.90 bits per heavy atom. The van der Waals surface area contributed by atoms with Crippen LogP contribution in [-0.2, 0) is 4.79 Å². The number of hydrogen-bond acceptors (Lipinski definition) is 4. The first-order valence-electron chi connectivity index (χ1n) is 7.48. The van der Waals surface area contributed by atoms with Gasteiger partial charge in [0.05, 0.1) is 0 Å². The van der Waals surface area contributed by atoms with Gasteiger partial charge in [-0.2, -0.15) is 5.10 Å². The van der Waals surface area contributed by atoms with Crippen LogP contribution >= 0.6 is 0 Å². The standard InChI is InChI=1S/C16H22N2O3/c1-3-7-12(8-4-2)17-18-16(19)15-11-20-13-9-5-6-10-14(13)21-15/h5-6,9-10,15H,3-4,7-8,11H2,1-2H3,(H,18,19)/t15-/m1/s1. The molecule has 5 heteroatoms. The molecule has 1 amide bonds. The lowest BCUT2D eigenvalue weighted by Crippen LogP contribution is -2.42. The first-order valence-corrected chi connectivity index (χ1v) is 7.48. The molecule has 1 aliphatic rings. The van der Waals surface area contributed by atoms with Crippen LogP contribution in [0, 0.1) is 0 Å². The Morgan fingerprint density at radius 3 is 2.57 bits per heavy atom. The second kappa shape index (κ2) is 7.67. The average molecular weight is 290 g/mol. The molecule has 1 heterocycles. The molecule has 0 spiro atoms. The highest BCUT2D eigenvalue weighted by Crippen LogP contribution is 2.30. The van der Waals surface area contributed by atoms with E-state index in [0.29, 0.717) is 11.5 Å². The highest BCUT2D eigenvalue weighted by molar-refractivity contribution is 5.87. The van der Waals surface area contributed by atoms with Gasteiger partial charge in [0.1, 0.15) is 6.61 Å². The number of nitrogens with zero attached hydrogens (tertiary/aromatic N) is 1. The number of rotatable bonds is 6. The van der Waals surface area contributed by atoms with Gasteiger partial charge in [0.15, 0.2) is 11.5 Å². The number of carbonyl (C=O) groups excluding carboxylic acids is 1. The van der Waals surface area contributed by atoms with Gasteiger partial charge in [0, 0.05) is 5.71 Å². The largest absolute Gasteiger partial charge is 0.485 e. The van der Waals surface area contributed by atoms with E-state index in [2.05, 4.69) is 24.4 Å². The normalized spacial score (nSPS) is 16.2. The topological polar surface area (TPSA) is 59.9 Å². The fourth-order valence-corrected chi connectivity index (χ4v) is 2.17. The first-order chi connectivity index (χ1) is 10.2. The molecule has 5 nitrogen and oxygen atoms in total.